The number of hydrogen-bond donors (Lipinski definition) is 2. The van der Waals surface area contributed by atoms with Crippen molar-refractivity contribution in [2.45, 2.75) is 26.4 Å². The molecule has 0 bridgehead atoms. The first-order valence-corrected chi connectivity index (χ1v) is 8.12. The van der Waals surface area contributed by atoms with Crippen LogP contribution < -0.4 is 10.6 Å². The van der Waals surface area contributed by atoms with Gasteiger partial charge in [-0.25, -0.2) is 8.42 Å². The summed E-state index contributed by atoms with van der Waals surface area (Å²) in [6.07, 6.45) is 1.04. The molecule has 2 N–H and O–H groups in total. The first-order valence-electron chi connectivity index (χ1n) is 6.06. The highest BCUT2D eigenvalue weighted by Crippen LogP contribution is 2.10. The molecule has 0 radical (unpaired) electrons. The minimum absolute atomic E-state index is 0.378. The second-order valence-electron chi connectivity index (χ2n) is 4.85. The summed E-state index contributed by atoms with van der Waals surface area (Å²) in [4.78, 5) is 11.5. The van der Waals surface area contributed by atoms with Crippen LogP contribution in [0.4, 0.5) is 5.69 Å². The Morgan fingerprint density at radius 2 is 2.00 bits per heavy atom. The summed E-state index contributed by atoms with van der Waals surface area (Å²) >= 11 is 0. The zero-order valence-electron chi connectivity index (χ0n) is 11.4. The van der Waals surface area contributed by atoms with Crippen LogP contribution in [0.15, 0.2) is 24.3 Å². The van der Waals surface area contributed by atoms with Crippen molar-refractivity contribution >= 4 is 21.4 Å². The summed E-state index contributed by atoms with van der Waals surface area (Å²) in [5.74, 6) is -1.02. The molecule has 0 atom stereocenters. The highest BCUT2D eigenvalue weighted by molar-refractivity contribution is 7.91. The van der Waals surface area contributed by atoms with Gasteiger partial charge in [0.05, 0.1) is 0 Å². The van der Waals surface area contributed by atoms with Crippen LogP contribution in [0, 0.1) is 0 Å². The van der Waals surface area contributed by atoms with E-state index in [2.05, 4.69) is 24.5 Å². The Morgan fingerprint density at radius 3 is 2.58 bits per heavy atom. The minimum Gasteiger partial charge on any atom is -0.325 e. The third kappa shape index (κ3) is 6.93. The SMILES string of the molecule is CC(C)NCc1cccc(NC(=O)CS(C)(=O)=O)c1. The number of nitrogens with one attached hydrogen (secondary N) is 2. The molecule has 0 spiro atoms. The summed E-state index contributed by atoms with van der Waals surface area (Å²) in [6, 6.07) is 7.72. The van der Waals surface area contributed by atoms with Crippen LogP contribution in [0.1, 0.15) is 19.4 Å². The zero-order valence-corrected chi connectivity index (χ0v) is 12.3. The van der Waals surface area contributed by atoms with Crippen molar-refractivity contribution in [3.63, 3.8) is 0 Å². The molecule has 0 saturated heterocycles. The smallest absolute Gasteiger partial charge is 0.239 e. The molecule has 0 aliphatic carbocycles. The fourth-order valence-corrected chi connectivity index (χ4v) is 2.06. The first-order chi connectivity index (χ1) is 8.76. The van der Waals surface area contributed by atoms with E-state index >= 15 is 0 Å². The Balaban J connectivity index is 2.64. The van der Waals surface area contributed by atoms with Crippen LogP contribution in [0.25, 0.3) is 0 Å². The van der Waals surface area contributed by atoms with Crippen LogP contribution in [0.3, 0.4) is 0 Å². The van der Waals surface area contributed by atoms with Gasteiger partial charge in [0.1, 0.15) is 5.75 Å². The number of anilines is 1. The average molecular weight is 284 g/mol. The topological polar surface area (TPSA) is 75.3 Å². The minimum atomic E-state index is -3.30. The largest absolute Gasteiger partial charge is 0.325 e. The highest BCUT2D eigenvalue weighted by atomic mass is 32.2. The number of sulfone groups is 1. The lowest BCUT2D eigenvalue weighted by Gasteiger charge is -2.10. The zero-order chi connectivity index (χ0) is 14.5. The molecule has 1 rings (SSSR count). The van der Waals surface area contributed by atoms with Gasteiger partial charge in [-0.1, -0.05) is 26.0 Å². The molecule has 0 heterocycles. The predicted octanol–water partition coefficient (Wildman–Crippen LogP) is 1.17. The number of benzene rings is 1. The van der Waals surface area contributed by atoms with Crippen molar-refractivity contribution in [2.24, 2.45) is 0 Å². The van der Waals surface area contributed by atoms with Gasteiger partial charge in [0.25, 0.3) is 0 Å². The van der Waals surface area contributed by atoms with Crippen LogP contribution in [-0.4, -0.2) is 32.4 Å². The standard InChI is InChI=1S/C13H20N2O3S/c1-10(2)14-8-11-5-4-6-12(7-11)15-13(16)9-19(3,17)18/h4-7,10,14H,8-9H2,1-3H3,(H,15,16). The Kier molecular flexibility index (Phi) is 5.50. The molecule has 0 aromatic heterocycles. The predicted molar refractivity (Wildman–Crippen MR) is 76.8 cm³/mol. The van der Waals surface area contributed by atoms with E-state index in [0.717, 1.165) is 11.8 Å². The third-order valence-corrected chi connectivity index (χ3v) is 3.11. The Bertz CT molecular complexity index is 539. The van der Waals surface area contributed by atoms with Crippen molar-refractivity contribution in [3.8, 4) is 0 Å². The molecule has 0 aliphatic heterocycles. The molecule has 6 heteroatoms. The second-order valence-corrected chi connectivity index (χ2v) is 6.99. The molecule has 0 aliphatic rings. The highest BCUT2D eigenvalue weighted by Gasteiger charge is 2.10. The van der Waals surface area contributed by atoms with Gasteiger partial charge in [-0.05, 0) is 17.7 Å². The van der Waals surface area contributed by atoms with Gasteiger partial charge >= 0.3 is 0 Å². The normalized spacial score (nSPS) is 11.6. The number of carbonyl (C=O) groups is 1. The average Bonchev–Trinajstić information content (AvgIpc) is 2.24. The van der Waals surface area contributed by atoms with Crippen LogP contribution in [-0.2, 0) is 21.2 Å². The number of amides is 1. The van der Waals surface area contributed by atoms with E-state index in [-0.39, 0.29) is 0 Å². The lowest BCUT2D eigenvalue weighted by Crippen LogP contribution is -2.23. The first kappa shape index (κ1) is 15.7. The molecular weight excluding hydrogens is 264 g/mol. The number of hydrogen-bond acceptors (Lipinski definition) is 4. The van der Waals surface area contributed by atoms with E-state index in [1.165, 1.54) is 0 Å². The number of rotatable bonds is 6. The van der Waals surface area contributed by atoms with E-state index in [4.69, 9.17) is 0 Å². The third-order valence-electron chi connectivity index (χ3n) is 2.32. The van der Waals surface area contributed by atoms with Crippen LogP contribution in [0.2, 0.25) is 0 Å². The monoisotopic (exact) mass is 284 g/mol. The molecule has 0 fully saturated rings. The van der Waals surface area contributed by atoms with E-state index < -0.39 is 21.5 Å². The fourth-order valence-electron chi connectivity index (χ4n) is 1.52. The Morgan fingerprint density at radius 1 is 1.32 bits per heavy atom. The molecule has 1 aromatic carbocycles. The molecule has 0 saturated carbocycles. The maximum atomic E-state index is 11.5. The summed E-state index contributed by atoms with van der Waals surface area (Å²) in [5.41, 5.74) is 1.64. The van der Waals surface area contributed by atoms with Crippen LogP contribution in [0.5, 0.6) is 0 Å². The number of carbonyl (C=O) groups excluding carboxylic acids is 1. The van der Waals surface area contributed by atoms with Gasteiger partial charge in [-0.2, -0.15) is 0 Å². The Hall–Kier alpha value is -1.40. The van der Waals surface area contributed by atoms with Crippen molar-refractivity contribution < 1.29 is 13.2 Å². The molecule has 5 nitrogen and oxygen atoms in total. The maximum Gasteiger partial charge on any atom is 0.239 e. The van der Waals surface area contributed by atoms with E-state index in [1.807, 2.05) is 18.2 Å². The molecule has 106 valence electrons. The van der Waals surface area contributed by atoms with E-state index in [0.29, 0.717) is 18.3 Å². The van der Waals surface area contributed by atoms with Crippen molar-refractivity contribution in [2.75, 3.05) is 17.3 Å². The molecular formula is C13H20N2O3S. The summed E-state index contributed by atoms with van der Waals surface area (Å²) in [6.45, 7) is 4.81. The summed E-state index contributed by atoms with van der Waals surface area (Å²) in [7, 11) is -3.30. The summed E-state index contributed by atoms with van der Waals surface area (Å²) in [5, 5.41) is 5.85. The molecule has 1 amide bonds. The molecule has 19 heavy (non-hydrogen) atoms. The van der Waals surface area contributed by atoms with Gasteiger partial charge in [0.15, 0.2) is 9.84 Å². The van der Waals surface area contributed by atoms with Gasteiger partial charge in [0.2, 0.25) is 5.91 Å². The van der Waals surface area contributed by atoms with Gasteiger partial charge < -0.3 is 10.6 Å². The van der Waals surface area contributed by atoms with Gasteiger partial charge in [-0.3, -0.25) is 4.79 Å². The van der Waals surface area contributed by atoms with Crippen molar-refractivity contribution in [3.05, 3.63) is 29.8 Å². The maximum absolute atomic E-state index is 11.5. The lowest BCUT2D eigenvalue weighted by molar-refractivity contribution is -0.113. The second kappa shape index (κ2) is 6.68. The van der Waals surface area contributed by atoms with Crippen molar-refractivity contribution in [1.29, 1.82) is 0 Å². The van der Waals surface area contributed by atoms with Gasteiger partial charge in [-0.15, -0.1) is 0 Å². The molecule has 0 unspecified atom stereocenters. The van der Waals surface area contributed by atoms with Gasteiger partial charge in [0, 0.05) is 24.5 Å². The lowest BCUT2D eigenvalue weighted by atomic mass is 10.2. The van der Waals surface area contributed by atoms with E-state index in [1.54, 1.807) is 6.07 Å². The van der Waals surface area contributed by atoms with E-state index in [9.17, 15) is 13.2 Å². The fraction of sp³-hybridized carbons (Fsp3) is 0.462. The quantitative estimate of drug-likeness (QED) is 0.822. The van der Waals surface area contributed by atoms with Crippen LogP contribution >= 0.6 is 0 Å². The molecule has 1 aromatic rings. The summed E-state index contributed by atoms with van der Waals surface area (Å²) < 4.78 is 22.0. The van der Waals surface area contributed by atoms with Crippen molar-refractivity contribution in [1.82, 2.24) is 5.32 Å². The Labute approximate surface area is 114 Å².